The van der Waals surface area contributed by atoms with Crippen LogP contribution < -0.4 is 16.0 Å². The molecule has 2 aliphatic rings. The van der Waals surface area contributed by atoms with E-state index in [2.05, 4.69) is 39.5 Å². The quantitative estimate of drug-likeness (QED) is 0.610. The maximum Gasteiger partial charge on any atom is 0.409 e. The largest absolute Gasteiger partial charge is 0.450 e. The molecular weight excluding hydrogens is 342 g/mol. The molecule has 3 rings (SSSR count). The first-order chi connectivity index (χ1) is 13.2. The van der Waals surface area contributed by atoms with E-state index in [0.717, 1.165) is 38.9 Å². The molecule has 7 nitrogen and oxygen atoms in total. The molecule has 2 fully saturated rings. The molecule has 1 aromatic rings. The Morgan fingerprint density at radius 2 is 1.96 bits per heavy atom. The summed E-state index contributed by atoms with van der Waals surface area (Å²) in [5, 5.41) is 3.31. The number of ether oxygens (including phenoxy) is 1. The molecule has 0 bridgehead atoms. The molecule has 2 aliphatic heterocycles. The van der Waals surface area contributed by atoms with Crippen molar-refractivity contribution in [2.24, 2.45) is 16.6 Å². The van der Waals surface area contributed by atoms with Crippen LogP contribution in [0.25, 0.3) is 0 Å². The lowest BCUT2D eigenvalue weighted by Crippen LogP contribution is -2.48. The predicted molar refractivity (Wildman–Crippen MR) is 108 cm³/mol. The summed E-state index contributed by atoms with van der Waals surface area (Å²) >= 11 is 0. The Labute approximate surface area is 161 Å². The first-order valence-corrected chi connectivity index (χ1v) is 9.94. The number of nitrogens with two attached hydrogens (primary N) is 1. The average Bonchev–Trinajstić information content (AvgIpc) is 3.17. The molecular formula is C20H31N5O2. The number of piperidine rings is 1. The van der Waals surface area contributed by atoms with Crippen molar-refractivity contribution in [1.29, 1.82) is 0 Å². The van der Waals surface area contributed by atoms with Crippen LogP contribution in [-0.2, 0) is 4.74 Å². The maximum atomic E-state index is 11.7. The number of carbonyl (C=O) groups is 1. The van der Waals surface area contributed by atoms with Crippen LogP contribution >= 0.6 is 0 Å². The number of aliphatic imine (C=N–C) groups is 1. The zero-order valence-corrected chi connectivity index (χ0v) is 16.1. The van der Waals surface area contributed by atoms with Gasteiger partial charge in [0.2, 0.25) is 0 Å². The van der Waals surface area contributed by atoms with Crippen LogP contribution in [0.5, 0.6) is 0 Å². The fourth-order valence-electron chi connectivity index (χ4n) is 3.76. The van der Waals surface area contributed by atoms with Crippen LogP contribution in [0.1, 0.15) is 26.2 Å². The summed E-state index contributed by atoms with van der Waals surface area (Å²) in [6, 6.07) is 10.8. The van der Waals surface area contributed by atoms with E-state index in [-0.39, 0.29) is 12.1 Å². The molecule has 2 saturated heterocycles. The zero-order valence-electron chi connectivity index (χ0n) is 16.1. The van der Waals surface area contributed by atoms with Crippen LogP contribution in [0.15, 0.2) is 35.3 Å². The summed E-state index contributed by atoms with van der Waals surface area (Å²) in [4.78, 5) is 20.5. The van der Waals surface area contributed by atoms with E-state index in [1.54, 1.807) is 4.90 Å². The number of anilines is 1. The van der Waals surface area contributed by atoms with Gasteiger partial charge in [0.05, 0.1) is 6.61 Å². The van der Waals surface area contributed by atoms with Gasteiger partial charge in [-0.25, -0.2) is 4.79 Å². The molecule has 1 atom stereocenters. The summed E-state index contributed by atoms with van der Waals surface area (Å²) in [6.07, 6.45) is 2.64. The van der Waals surface area contributed by atoms with Gasteiger partial charge < -0.3 is 25.6 Å². The van der Waals surface area contributed by atoms with E-state index in [0.29, 0.717) is 31.6 Å². The Hall–Kier alpha value is -2.44. The number of benzene rings is 1. The van der Waals surface area contributed by atoms with Gasteiger partial charge in [-0.3, -0.25) is 4.99 Å². The molecule has 7 heteroatoms. The van der Waals surface area contributed by atoms with E-state index >= 15 is 0 Å². The minimum absolute atomic E-state index is 0.221. The van der Waals surface area contributed by atoms with Gasteiger partial charge >= 0.3 is 6.09 Å². The Kier molecular flexibility index (Phi) is 6.79. The lowest BCUT2D eigenvalue weighted by atomic mass is 10.1. The highest BCUT2D eigenvalue weighted by atomic mass is 16.6. The van der Waals surface area contributed by atoms with E-state index in [1.165, 1.54) is 5.69 Å². The van der Waals surface area contributed by atoms with Gasteiger partial charge in [0, 0.05) is 44.5 Å². The van der Waals surface area contributed by atoms with Gasteiger partial charge in [-0.1, -0.05) is 18.2 Å². The van der Waals surface area contributed by atoms with Crippen molar-refractivity contribution in [1.82, 2.24) is 10.2 Å². The predicted octanol–water partition coefficient (Wildman–Crippen LogP) is 2.04. The topological polar surface area (TPSA) is 83.2 Å². The van der Waals surface area contributed by atoms with Crippen LogP contribution in [0, 0.1) is 5.92 Å². The number of para-hydroxylation sites is 1. The van der Waals surface area contributed by atoms with Crippen molar-refractivity contribution in [3.63, 3.8) is 0 Å². The Morgan fingerprint density at radius 3 is 2.67 bits per heavy atom. The molecule has 27 heavy (non-hydrogen) atoms. The van der Waals surface area contributed by atoms with Crippen LogP contribution in [-0.4, -0.2) is 62.3 Å². The normalized spacial score (nSPS) is 21.4. The Morgan fingerprint density at radius 1 is 1.22 bits per heavy atom. The third kappa shape index (κ3) is 5.52. The van der Waals surface area contributed by atoms with Crippen molar-refractivity contribution in [2.75, 3.05) is 44.2 Å². The molecule has 148 valence electrons. The third-order valence-electron chi connectivity index (χ3n) is 5.30. The number of likely N-dealkylation sites (tertiary alicyclic amines) is 1. The number of nitrogens with zero attached hydrogens (tertiary/aromatic N) is 3. The van der Waals surface area contributed by atoms with Crippen LogP contribution in [0.4, 0.5) is 10.5 Å². The third-order valence-corrected chi connectivity index (χ3v) is 5.30. The summed E-state index contributed by atoms with van der Waals surface area (Å²) < 4.78 is 5.05. The van der Waals surface area contributed by atoms with Gasteiger partial charge in [0.25, 0.3) is 0 Å². The van der Waals surface area contributed by atoms with Gasteiger partial charge in [-0.05, 0) is 44.2 Å². The highest BCUT2D eigenvalue weighted by molar-refractivity contribution is 5.78. The van der Waals surface area contributed by atoms with Gasteiger partial charge in [0.15, 0.2) is 5.96 Å². The van der Waals surface area contributed by atoms with Crippen molar-refractivity contribution in [3.05, 3.63) is 30.3 Å². The number of carbonyl (C=O) groups excluding carboxylic acids is 1. The van der Waals surface area contributed by atoms with Crippen molar-refractivity contribution >= 4 is 17.7 Å². The molecule has 0 aliphatic carbocycles. The molecule has 3 N–H and O–H groups in total. The highest BCUT2D eigenvalue weighted by Crippen LogP contribution is 2.23. The lowest BCUT2D eigenvalue weighted by molar-refractivity contribution is 0.0963. The Bertz CT molecular complexity index is 629. The molecule has 0 saturated carbocycles. The second-order valence-corrected chi connectivity index (χ2v) is 7.27. The van der Waals surface area contributed by atoms with Gasteiger partial charge in [-0.15, -0.1) is 0 Å². The first kappa shape index (κ1) is 19.3. The number of rotatable bonds is 5. The number of nitrogens with one attached hydrogen (secondary N) is 1. The fourth-order valence-corrected chi connectivity index (χ4v) is 3.76. The molecule has 2 heterocycles. The van der Waals surface area contributed by atoms with Gasteiger partial charge in [0.1, 0.15) is 0 Å². The molecule has 1 amide bonds. The monoisotopic (exact) mass is 373 g/mol. The molecule has 1 unspecified atom stereocenters. The standard InChI is InChI=1S/C20H31N5O2/c1-2-27-20(26)24-12-9-17(10-13-24)23-19(21)22-14-16-8-11-25(15-16)18-6-4-3-5-7-18/h3-7,16-17H,2,8-15H2,1H3,(H3,21,22,23). The Balaban J connectivity index is 1.39. The van der Waals surface area contributed by atoms with Crippen LogP contribution in [0.3, 0.4) is 0 Å². The highest BCUT2D eigenvalue weighted by Gasteiger charge is 2.24. The molecule has 0 spiro atoms. The molecule has 1 aromatic carbocycles. The number of hydrogen-bond acceptors (Lipinski definition) is 4. The van der Waals surface area contributed by atoms with E-state index in [4.69, 9.17) is 10.5 Å². The second-order valence-electron chi connectivity index (χ2n) is 7.27. The van der Waals surface area contributed by atoms with E-state index < -0.39 is 0 Å². The number of hydrogen-bond donors (Lipinski definition) is 2. The minimum Gasteiger partial charge on any atom is -0.450 e. The van der Waals surface area contributed by atoms with Crippen molar-refractivity contribution in [2.45, 2.75) is 32.2 Å². The van der Waals surface area contributed by atoms with E-state index in [1.807, 2.05) is 13.0 Å². The second kappa shape index (κ2) is 9.48. The summed E-state index contributed by atoms with van der Waals surface area (Å²) in [7, 11) is 0. The first-order valence-electron chi connectivity index (χ1n) is 9.94. The number of amides is 1. The summed E-state index contributed by atoms with van der Waals surface area (Å²) in [6.45, 7) is 6.48. The summed E-state index contributed by atoms with van der Waals surface area (Å²) in [5.41, 5.74) is 7.37. The van der Waals surface area contributed by atoms with Crippen LogP contribution in [0.2, 0.25) is 0 Å². The fraction of sp³-hybridized carbons (Fsp3) is 0.600. The van der Waals surface area contributed by atoms with E-state index in [9.17, 15) is 4.79 Å². The molecule has 0 radical (unpaired) electrons. The van der Waals surface area contributed by atoms with Crippen molar-refractivity contribution in [3.8, 4) is 0 Å². The molecule has 0 aromatic heterocycles. The average molecular weight is 374 g/mol. The zero-order chi connectivity index (χ0) is 19.1. The smallest absolute Gasteiger partial charge is 0.409 e. The SMILES string of the molecule is CCOC(=O)N1CCC(NC(N)=NCC2CCN(c3ccccc3)C2)CC1. The minimum atomic E-state index is -0.221. The maximum absolute atomic E-state index is 11.7. The summed E-state index contributed by atoms with van der Waals surface area (Å²) in [5.74, 6) is 1.05. The van der Waals surface area contributed by atoms with Crippen molar-refractivity contribution < 1.29 is 9.53 Å². The lowest BCUT2D eigenvalue weighted by Gasteiger charge is -2.31. The van der Waals surface area contributed by atoms with Gasteiger partial charge in [-0.2, -0.15) is 0 Å². The number of guanidine groups is 1.